The first-order chi connectivity index (χ1) is 15.6. The van der Waals surface area contributed by atoms with Crippen LogP contribution < -0.4 is 14.8 Å². The van der Waals surface area contributed by atoms with Crippen molar-refractivity contribution in [2.45, 2.75) is 57.9 Å². The van der Waals surface area contributed by atoms with Gasteiger partial charge in [-0.2, -0.15) is 0 Å². The van der Waals surface area contributed by atoms with Gasteiger partial charge in [0.2, 0.25) is 10.0 Å². The average Bonchev–Trinajstić information content (AvgIpc) is 2.70. The molecule has 1 aliphatic heterocycles. The van der Waals surface area contributed by atoms with E-state index in [1.165, 1.54) is 23.1 Å². The zero-order valence-corrected chi connectivity index (χ0v) is 22.6. The minimum Gasteiger partial charge on any atom is -0.492 e. The van der Waals surface area contributed by atoms with Gasteiger partial charge in [-0.15, -0.1) is 12.4 Å². The van der Waals surface area contributed by atoms with Gasteiger partial charge in [-0.05, 0) is 72.2 Å². The molecule has 2 aromatic carbocycles. The third-order valence-electron chi connectivity index (χ3n) is 6.70. The molecule has 1 atom stereocenters. The summed E-state index contributed by atoms with van der Waals surface area (Å²) in [5, 5.41) is 4.55. The quantitative estimate of drug-likeness (QED) is 0.451. The molecule has 34 heavy (non-hydrogen) atoms. The van der Waals surface area contributed by atoms with Crippen LogP contribution in [0, 0.1) is 5.41 Å². The summed E-state index contributed by atoms with van der Waals surface area (Å²) < 4.78 is 33.0. The van der Waals surface area contributed by atoms with Crippen molar-refractivity contribution in [2.24, 2.45) is 5.41 Å². The number of nitrogens with one attached hydrogen (secondary N) is 2. The Morgan fingerprint density at radius 1 is 1.15 bits per heavy atom. The summed E-state index contributed by atoms with van der Waals surface area (Å²) in [5.74, 6) is 0.877. The molecule has 0 spiro atoms. The van der Waals surface area contributed by atoms with E-state index in [1.807, 2.05) is 39.0 Å². The maximum absolute atomic E-state index is 12.2. The molecule has 0 saturated heterocycles. The lowest BCUT2D eigenvalue weighted by Gasteiger charge is -2.50. The first kappa shape index (κ1) is 27.3. The van der Waals surface area contributed by atoms with Gasteiger partial charge < -0.3 is 10.1 Å². The summed E-state index contributed by atoms with van der Waals surface area (Å²) in [5.41, 5.74) is 3.78. The van der Waals surface area contributed by atoms with Crippen molar-refractivity contribution in [3.05, 3.63) is 64.2 Å². The Kier molecular flexibility index (Phi) is 8.63. The predicted molar refractivity (Wildman–Crippen MR) is 142 cm³/mol. The van der Waals surface area contributed by atoms with Crippen molar-refractivity contribution < 1.29 is 13.2 Å². The largest absolute Gasteiger partial charge is 0.492 e. The molecule has 0 radical (unpaired) electrons. The molecule has 1 heterocycles. The minimum atomic E-state index is -3.32. The highest BCUT2D eigenvalue weighted by atomic mass is 35.5. The molecule has 0 bridgehead atoms. The Hall–Kier alpha value is -1.31. The second-order valence-electron chi connectivity index (χ2n) is 10.6. The molecule has 0 aromatic heterocycles. The summed E-state index contributed by atoms with van der Waals surface area (Å²) in [6.07, 6.45) is 4.51. The van der Waals surface area contributed by atoms with E-state index in [4.69, 9.17) is 16.3 Å². The number of fused-ring (bicyclic) bond motifs is 1. The van der Waals surface area contributed by atoms with Gasteiger partial charge in [-0.1, -0.05) is 57.0 Å². The van der Waals surface area contributed by atoms with E-state index in [0.717, 1.165) is 36.6 Å². The minimum absolute atomic E-state index is 0. The van der Waals surface area contributed by atoms with Crippen molar-refractivity contribution in [1.29, 1.82) is 0 Å². The van der Waals surface area contributed by atoms with E-state index in [0.29, 0.717) is 6.61 Å². The number of hydrogen-bond acceptors (Lipinski definition) is 4. The van der Waals surface area contributed by atoms with Crippen molar-refractivity contribution in [1.82, 2.24) is 10.0 Å². The van der Waals surface area contributed by atoms with Crippen LogP contribution in [0.2, 0.25) is 5.02 Å². The highest BCUT2D eigenvalue weighted by Gasteiger charge is 2.47. The van der Waals surface area contributed by atoms with Crippen molar-refractivity contribution in [2.75, 3.05) is 25.4 Å². The molecule has 1 fully saturated rings. The normalized spacial score (nSPS) is 19.5. The second kappa shape index (κ2) is 10.8. The van der Waals surface area contributed by atoms with Gasteiger partial charge in [0.05, 0.1) is 5.75 Å². The highest BCUT2D eigenvalue weighted by molar-refractivity contribution is 7.89. The van der Waals surface area contributed by atoms with E-state index < -0.39 is 10.0 Å². The van der Waals surface area contributed by atoms with Crippen LogP contribution in [-0.2, 0) is 21.9 Å². The Morgan fingerprint density at radius 2 is 1.85 bits per heavy atom. The fourth-order valence-electron chi connectivity index (χ4n) is 5.18. The molecule has 2 aliphatic rings. The fourth-order valence-corrected chi connectivity index (χ4v) is 6.95. The molecule has 8 heteroatoms. The molecule has 5 nitrogen and oxygen atoms in total. The average molecular weight is 528 g/mol. The lowest BCUT2D eigenvalue weighted by molar-refractivity contribution is 0.164. The molecule has 4 rings (SSSR count). The Balaban J connectivity index is 0.00000324. The zero-order valence-electron chi connectivity index (χ0n) is 20.2. The maximum atomic E-state index is 12.2. The van der Waals surface area contributed by atoms with Crippen LogP contribution >= 0.6 is 24.0 Å². The summed E-state index contributed by atoms with van der Waals surface area (Å²) >= 11 is 6.16. The van der Waals surface area contributed by atoms with Crippen LogP contribution in [0.3, 0.4) is 0 Å². The topological polar surface area (TPSA) is 67.4 Å². The number of ether oxygens (including phenoxy) is 1. The molecule has 1 unspecified atom stereocenters. The first-order valence-corrected chi connectivity index (χ1v) is 13.8. The van der Waals surface area contributed by atoms with Gasteiger partial charge in [-0.25, -0.2) is 13.1 Å². The Labute approximate surface area is 215 Å². The van der Waals surface area contributed by atoms with Gasteiger partial charge in [0.25, 0.3) is 0 Å². The van der Waals surface area contributed by atoms with E-state index >= 15 is 0 Å². The van der Waals surface area contributed by atoms with Crippen LogP contribution in [0.5, 0.6) is 5.75 Å². The smallest absolute Gasteiger partial charge is 0.212 e. The molecular formula is C26H36Cl2N2O3S. The molecule has 1 saturated carbocycles. The monoisotopic (exact) mass is 526 g/mol. The van der Waals surface area contributed by atoms with E-state index in [9.17, 15) is 8.42 Å². The summed E-state index contributed by atoms with van der Waals surface area (Å²) in [7, 11) is -3.32. The summed E-state index contributed by atoms with van der Waals surface area (Å²) in [6, 6.07) is 14.8. The number of rotatable bonds is 8. The molecular weight excluding hydrogens is 491 g/mol. The molecule has 2 N–H and O–H groups in total. The number of halogens is 2. The SMILES string of the molecule is CC(C)(C)CS(=O)(=O)NCCOc1ccc2c(c1)C(C1(c3ccc(Cl)cc3)CCC1)NCC2.Cl. The van der Waals surface area contributed by atoms with Crippen LogP contribution in [0.1, 0.15) is 62.8 Å². The third kappa shape index (κ3) is 6.27. The molecule has 0 amide bonds. The highest BCUT2D eigenvalue weighted by Crippen LogP contribution is 2.53. The molecule has 2 aromatic rings. The van der Waals surface area contributed by atoms with Crippen molar-refractivity contribution in [3.8, 4) is 5.75 Å². The second-order valence-corrected chi connectivity index (χ2v) is 12.8. The number of hydrogen-bond donors (Lipinski definition) is 2. The van der Waals surface area contributed by atoms with Crippen LogP contribution in [-0.4, -0.2) is 33.9 Å². The number of sulfonamides is 1. The fraction of sp³-hybridized carbons (Fsp3) is 0.538. The van der Waals surface area contributed by atoms with Crippen molar-refractivity contribution >= 4 is 34.0 Å². The van der Waals surface area contributed by atoms with E-state index in [-0.39, 0.29) is 41.6 Å². The lowest BCUT2D eigenvalue weighted by atomic mass is 9.58. The van der Waals surface area contributed by atoms with E-state index in [1.54, 1.807) is 0 Å². The van der Waals surface area contributed by atoms with Gasteiger partial charge in [0.15, 0.2) is 0 Å². The summed E-state index contributed by atoms with van der Waals surface area (Å²) in [6.45, 7) is 7.26. The Bertz CT molecular complexity index is 1080. The van der Waals surface area contributed by atoms with Gasteiger partial charge in [0.1, 0.15) is 12.4 Å². The summed E-state index contributed by atoms with van der Waals surface area (Å²) in [4.78, 5) is 0. The van der Waals surface area contributed by atoms with Crippen LogP contribution in [0.4, 0.5) is 0 Å². The van der Waals surface area contributed by atoms with Gasteiger partial charge >= 0.3 is 0 Å². The van der Waals surface area contributed by atoms with Gasteiger partial charge in [-0.3, -0.25) is 0 Å². The van der Waals surface area contributed by atoms with Crippen LogP contribution in [0.25, 0.3) is 0 Å². The zero-order chi connectivity index (χ0) is 23.7. The Morgan fingerprint density at radius 3 is 2.47 bits per heavy atom. The van der Waals surface area contributed by atoms with Crippen LogP contribution in [0.15, 0.2) is 42.5 Å². The number of benzene rings is 2. The first-order valence-electron chi connectivity index (χ1n) is 11.8. The molecule has 188 valence electrons. The third-order valence-corrected chi connectivity index (χ3v) is 8.85. The standard InChI is InChI=1S/C26H35ClN2O3S.ClH/c1-25(2,3)18-33(30,31)29-15-16-32-22-10-5-19-11-14-28-24(23(19)17-22)26(12-4-13-26)20-6-8-21(27)9-7-20;/h5-10,17,24,28-29H,4,11-16,18H2,1-3H3;1H. The van der Waals surface area contributed by atoms with Gasteiger partial charge in [0, 0.05) is 23.0 Å². The lowest BCUT2D eigenvalue weighted by Crippen LogP contribution is -2.49. The molecule has 1 aliphatic carbocycles. The predicted octanol–water partition coefficient (Wildman–Crippen LogP) is 5.41. The maximum Gasteiger partial charge on any atom is 0.212 e. The van der Waals surface area contributed by atoms with Crippen molar-refractivity contribution in [3.63, 3.8) is 0 Å². The van der Waals surface area contributed by atoms with E-state index in [2.05, 4.69) is 34.3 Å².